The van der Waals surface area contributed by atoms with Crippen LogP contribution in [0.25, 0.3) is 0 Å². The number of thioether (sulfide) groups is 1. The molecule has 1 aromatic rings. The molecule has 4 heteroatoms. The summed E-state index contributed by atoms with van der Waals surface area (Å²) in [6.45, 7) is 2.85. The van der Waals surface area contributed by atoms with Gasteiger partial charge < -0.3 is 5.32 Å². The molecule has 1 amide bonds. The van der Waals surface area contributed by atoms with Gasteiger partial charge in [-0.1, -0.05) is 13.3 Å². The summed E-state index contributed by atoms with van der Waals surface area (Å²) in [6.07, 6.45) is 2.62. The van der Waals surface area contributed by atoms with Gasteiger partial charge in [0.2, 0.25) is 5.91 Å². The molecule has 0 saturated heterocycles. The molecule has 94 valence electrons. The molecule has 0 radical (unpaired) electrons. The Hall–Kier alpha value is -1.03. The van der Waals surface area contributed by atoms with E-state index in [0.29, 0.717) is 6.42 Å². The predicted octanol–water partition coefficient (Wildman–Crippen LogP) is 3.22. The van der Waals surface area contributed by atoms with Crippen LogP contribution >= 0.6 is 11.8 Å². The summed E-state index contributed by atoms with van der Waals surface area (Å²) < 4.78 is 12.6. The van der Waals surface area contributed by atoms with Crippen molar-refractivity contribution in [1.29, 1.82) is 0 Å². The second kappa shape index (κ2) is 8.12. The smallest absolute Gasteiger partial charge is 0.220 e. The van der Waals surface area contributed by atoms with Crippen LogP contribution < -0.4 is 5.32 Å². The van der Waals surface area contributed by atoms with Gasteiger partial charge in [0.25, 0.3) is 0 Å². The van der Waals surface area contributed by atoms with Crippen molar-refractivity contribution in [1.82, 2.24) is 5.32 Å². The summed E-state index contributed by atoms with van der Waals surface area (Å²) in [4.78, 5) is 12.4. The maximum atomic E-state index is 12.6. The Balaban J connectivity index is 2.14. The van der Waals surface area contributed by atoms with Crippen LogP contribution in [0, 0.1) is 5.82 Å². The van der Waals surface area contributed by atoms with Gasteiger partial charge >= 0.3 is 0 Å². The molecule has 0 spiro atoms. The van der Waals surface area contributed by atoms with Crippen molar-refractivity contribution >= 4 is 17.7 Å². The molecule has 0 unspecified atom stereocenters. The van der Waals surface area contributed by atoms with E-state index in [-0.39, 0.29) is 11.7 Å². The van der Waals surface area contributed by atoms with Gasteiger partial charge in [0.1, 0.15) is 5.82 Å². The third-order valence-electron chi connectivity index (χ3n) is 2.26. The maximum Gasteiger partial charge on any atom is 0.220 e. The normalized spacial score (nSPS) is 10.2. The number of benzene rings is 1. The highest BCUT2D eigenvalue weighted by atomic mass is 32.2. The molecule has 0 saturated carbocycles. The molecule has 1 rings (SSSR count). The topological polar surface area (TPSA) is 29.1 Å². The fourth-order valence-electron chi connectivity index (χ4n) is 1.29. The first kappa shape index (κ1) is 14.0. The first-order valence-corrected chi connectivity index (χ1v) is 6.86. The van der Waals surface area contributed by atoms with E-state index in [1.54, 1.807) is 23.9 Å². The van der Waals surface area contributed by atoms with Crippen LogP contribution in [0.15, 0.2) is 29.2 Å². The number of rotatable bonds is 7. The fourth-order valence-corrected chi connectivity index (χ4v) is 2.14. The third-order valence-corrected chi connectivity index (χ3v) is 3.28. The summed E-state index contributed by atoms with van der Waals surface area (Å²) in [5.74, 6) is 0.587. The van der Waals surface area contributed by atoms with E-state index < -0.39 is 0 Å². The van der Waals surface area contributed by atoms with E-state index >= 15 is 0 Å². The minimum Gasteiger partial charge on any atom is -0.356 e. The van der Waals surface area contributed by atoms with Gasteiger partial charge in [-0.2, -0.15) is 0 Å². The van der Waals surface area contributed by atoms with Crippen LogP contribution in [0.4, 0.5) is 4.39 Å². The lowest BCUT2D eigenvalue weighted by molar-refractivity contribution is -0.120. The Morgan fingerprint density at radius 2 is 2.06 bits per heavy atom. The number of unbranched alkanes of at least 4 members (excludes halogenated alkanes) is 1. The summed E-state index contributed by atoms with van der Waals surface area (Å²) in [5.41, 5.74) is 0. The van der Waals surface area contributed by atoms with E-state index in [1.165, 1.54) is 12.1 Å². The second-order valence-electron chi connectivity index (χ2n) is 3.76. The van der Waals surface area contributed by atoms with Crippen molar-refractivity contribution in [2.45, 2.75) is 31.1 Å². The predicted molar refractivity (Wildman–Crippen MR) is 69.7 cm³/mol. The Kier molecular flexibility index (Phi) is 6.70. The number of nitrogens with one attached hydrogen (secondary N) is 1. The molecule has 17 heavy (non-hydrogen) atoms. The van der Waals surface area contributed by atoms with Gasteiger partial charge in [0.15, 0.2) is 0 Å². The molecule has 1 N–H and O–H groups in total. The molecule has 1 aromatic carbocycles. The first-order chi connectivity index (χ1) is 8.22. The summed E-state index contributed by atoms with van der Waals surface area (Å²) in [7, 11) is 0. The zero-order valence-electron chi connectivity index (χ0n) is 10.0. The lowest BCUT2D eigenvalue weighted by Crippen LogP contribution is -2.24. The van der Waals surface area contributed by atoms with Crippen LogP contribution in [0.2, 0.25) is 0 Å². The Bertz CT molecular complexity index is 340. The van der Waals surface area contributed by atoms with Gasteiger partial charge in [-0.25, -0.2) is 4.39 Å². The van der Waals surface area contributed by atoms with Gasteiger partial charge in [-0.05, 0) is 30.7 Å². The molecule has 2 nitrogen and oxygen atoms in total. The van der Waals surface area contributed by atoms with E-state index in [4.69, 9.17) is 0 Å². The number of carbonyl (C=O) groups excluding carboxylic acids is 1. The average Bonchev–Trinajstić information content (AvgIpc) is 2.32. The summed E-state index contributed by atoms with van der Waals surface area (Å²) in [5, 5.41) is 2.87. The highest BCUT2D eigenvalue weighted by Gasteiger charge is 2.01. The van der Waals surface area contributed by atoms with Crippen molar-refractivity contribution in [3.8, 4) is 0 Å². The molecular weight excluding hydrogens is 237 g/mol. The molecule has 0 aromatic heterocycles. The molecular formula is C13H18FNOS. The number of amides is 1. The van der Waals surface area contributed by atoms with Crippen LogP contribution in [0.3, 0.4) is 0 Å². The molecule has 0 atom stereocenters. The molecule has 0 heterocycles. The van der Waals surface area contributed by atoms with E-state index in [2.05, 4.69) is 12.2 Å². The molecule has 0 fully saturated rings. The highest BCUT2D eigenvalue weighted by molar-refractivity contribution is 7.99. The molecule has 0 aliphatic heterocycles. The van der Waals surface area contributed by atoms with Crippen LogP contribution in [0.5, 0.6) is 0 Å². The second-order valence-corrected chi connectivity index (χ2v) is 4.92. The highest BCUT2D eigenvalue weighted by Crippen LogP contribution is 2.18. The van der Waals surface area contributed by atoms with E-state index in [9.17, 15) is 9.18 Å². The molecule has 0 bridgehead atoms. The number of hydrogen-bond acceptors (Lipinski definition) is 2. The van der Waals surface area contributed by atoms with Crippen LogP contribution in [-0.2, 0) is 4.79 Å². The Morgan fingerprint density at radius 3 is 2.71 bits per heavy atom. The van der Waals surface area contributed by atoms with E-state index in [0.717, 1.165) is 30.0 Å². The lowest BCUT2D eigenvalue weighted by Gasteiger charge is -2.04. The molecule has 0 aliphatic rings. The molecule has 0 aliphatic carbocycles. The van der Waals surface area contributed by atoms with Crippen molar-refractivity contribution < 1.29 is 9.18 Å². The summed E-state index contributed by atoms with van der Waals surface area (Å²) in [6, 6.07) is 6.33. The quantitative estimate of drug-likeness (QED) is 0.598. The maximum absolute atomic E-state index is 12.6. The standard InChI is InChI=1S/C13H18FNOS/c1-2-3-9-15-13(16)8-10-17-12-6-4-11(14)5-7-12/h4-7H,2-3,8-10H2,1H3,(H,15,16). The van der Waals surface area contributed by atoms with Crippen molar-refractivity contribution in [2.24, 2.45) is 0 Å². The van der Waals surface area contributed by atoms with Crippen molar-refractivity contribution in [3.63, 3.8) is 0 Å². The van der Waals surface area contributed by atoms with Gasteiger partial charge in [0.05, 0.1) is 0 Å². The SMILES string of the molecule is CCCCNC(=O)CCSc1ccc(F)cc1. The average molecular weight is 255 g/mol. The lowest BCUT2D eigenvalue weighted by atomic mass is 10.3. The van der Waals surface area contributed by atoms with Crippen molar-refractivity contribution in [3.05, 3.63) is 30.1 Å². The number of carbonyl (C=O) groups is 1. The van der Waals surface area contributed by atoms with Gasteiger partial charge in [-0.3, -0.25) is 4.79 Å². The largest absolute Gasteiger partial charge is 0.356 e. The Morgan fingerprint density at radius 1 is 1.35 bits per heavy atom. The number of halogens is 1. The first-order valence-electron chi connectivity index (χ1n) is 5.87. The zero-order chi connectivity index (χ0) is 12.5. The summed E-state index contributed by atoms with van der Waals surface area (Å²) >= 11 is 1.57. The van der Waals surface area contributed by atoms with E-state index in [1.807, 2.05) is 0 Å². The number of hydrogen-bond donors (Lipinski definition) is 1. The van der Waals surface area contributed by atoms with Crippen molar-refractivity contribution in [2.75, 3.05) is 12.3 Å². The monoisotopic (exact) mass is 255 g/mol. The minimum absolute atomic E-state index is 0.0908. The van der Waals surface area contributed by atoms with Gasteiger partial charge in [0, 0.05) is 23.6 Å². The Labute approximate surface area is 106 Å². The van der Waals surface area contributed by atoms with Crippen LogP contribution in [-0.4, -0.2) is 18.2 Å². The zero-order valence-corrected chi connectivity index (χ0v) is 10.9. The third kappa shape index (κ3) is 6.31. The van der Waals surface area contributed by atoms with Gasteiger partial charge in [-0.15, -0.1) is 11.8 Å². The minimum atomic E-state index is -0.230. The fraction of sp³-hybridized carbons (Fsp3) is 0.462. The van der Waals surface area contributed by atoms with Crippen LogP contribution in [0.1, 0.15) is 26.2 Å².